The quantitative estimate of drug-likeness (QED) is 0.209. The van der Waals surface area contributed by atoms with Crippen LogP contribution in [0.4, 0.5) is 11.4 Å². The third kappa shape index (κ3) is 4.77. The Balaban J connectivity index is 1.68. The lowest BCUT2D eigenvalue weighted by Gasteiger charge is -2.19. The maximum absolute atomic E-state index is 11.6. The van der Waals surface area contributed by atoms with Crippen LogP contribution in [0.25, 0.3) is 11.3 Å². The van der Waals surface area contributed by atoms with E-state index in [0.29, 0.717) is 22.3 Å². The van der Waals surface area contributed by atoms with E-state index in [9.17, 15) is 10.1 Å². The molecule has 0 unspecified atom stereocenters. The molecular weight excluding hydrogens is 414 g/mol. The van der Waals surface area contributed by atoms with E-state index in [4.69, 9.17) is 4.74 Å². The summed E-state index contributed by atoms with van der Waals surface area (Å²) in [7, 11) is 0. The van der Waals surface area contributed by atoms with Crippen LogP contribution in [0.1, 0.15) is 44.4 Å². The second kappa shape index (κ2) is 9.74. The van der Waals surface area contributed by atoms with Crippen LogP contribution < -0.4 is 10.1 Å². The summed E-state index contributed by atoms with van der Waals surface area (Å²) in [6.07, 6.45) is 3.88. The molecule has 1 atom stereocenters. The van der Waals surface area contributed by atoms with E-state index >= 15 is 0 Å². The highest BCUT2D eigenvalue weighted by Gasteiger charge is 2.30. The Hall–Kier alpha value is -3.20. The van der Waals surface area contributed by atoms with Gasteiger partial charge in [0.25, 0.3) is 5.69 Å². The number of thioether (sulfide) groups is 1. The summed E-state index contributed by atoms with van der Waals surface area (Å²) in [6.45, 7) is 2.18. The van der Waals surface area contributed by atoms with Crippen LogP contribution in [-0.4, -0.2) is 25.9 Å². The fourth-order valence-corrected chi connectivity index (χ4v) is 4.19. The minimum atomic E-state index is -0.789. The van der Waals surface area contributed by atoms with Crippen molar-refractivity contribution in [1.82, 2.24) is 15.2 Å². The fourth-order valence-electron chi connectivity index (χ4n) is 3.42. The van der Waals surface area contributed by atoms with Gasteiger partial charge in [-0.1, -0.05) is 68.3 Å². The zero-order valence-corrected chi connectivity index (χ0v) is 18.0. The van der Waals surface area contributed by atoms with Gasteiger partial charge in [0.15, 0.2) is 5.69 Å². The lowest BCUT2D eigenvalue weighted by molar-refractivity contribution is -0.386. The lowest BCUT2D eigenvalue weighted by atomic mass is 10.1. The summed E-state index contributed by atoms with van der Waals surface area (Å²) in [4.78, 5) is 15.8. The molecule has 0 saturated carbocycles. The highest BCUT2D eigenvalue weighted by atomic mass is 32.2. The van der Waals surface area contributed by atoms with E-state index in [2.05, 4.69) is 27.4 Å². The standard InChI is InChI=1S/C22H23N5O3S/c1-2-3-4-9-14-31-22-24-21-19(25-26-22)15-10-5-7-12-17(15)23-20(30-21)16-11-6-8-13-18(16)27(28)29/h5-8,10-13,20,23H,2-4,9,14H2,1H3/t20-/m1/s1. The van der Waals surface area contributed by atoms with Crippen molar-refractivity contribution in [3.63, 3.8) is 0 Å². The molecule has 1 aliphatic rings. The number of hydrogen-bond acceptors (Lipinski definition) is 8. The van der Waals surface area contributed by atoms with Crippen molar-refractivity contribution in [3.8, 4) is 17.1 Å². The molecule has 0 spiro atoms. The van der Waals surface area contributed by atoms with Gasteiger partial charge < -0.3 is 10.1 Å². The number of nitrogens with one attached hydrogen (secondary N) is 1. The number of para-hydroxylation sites is 2. The smallest absolute Gasteiger partial charge is 0.278 e. The molecule has 4 rings (SSSR count). The Labute approximate surface area is 184 Å². The first-order chi connectivity index (χ1) is 15.2. The molecule has 0 fully saturated rings. The van der Waals surface area contributed by atoms with Gasteiger partial charge in [-0.2, -0.15) is 4.98 Å². The van der Waals surface area contributed by atoms with E-state index in [1.54, 1.807) is 30.0 Å². The molecule has 0 radical (unpaired) electrons. The predicted octanol–water partition coefficient (Wildman–Crippen LogP) is 5.62. The van der Waals surface area contributed by atoms with Crippen molar-refractivity contribution >= 4 is 23.1 Å². The molecule has 3 aromatic rings. The van der Waals surface area contributed by atoms with Gasteiger partial charge in [-0.3, -0.25) is 10.1 Å². The van der Waals surface area contributed by atoms with E-state index in [1.165, 1.54) is 25.3 Å². The van der Waals surface area contributed by atoms with Gasteiger partial charge in [0.1, 0.15) is 0 Å². The minimum Gasteiger partial charge on any atom is -0.447 e. The molecule has 2 heterocycles. The van der Waals surface area contributed by atoms with E-state index in [1.807, 2.05) is 24.3 Å². The van der Waals surface area contributed by atoms with Gasteiger partial charge in [0.2, 0.25) is 17.3 Å². The molecule has 9 heteroatoms. The van der Waals surface area contributed by atoms with E-state index in [-0.39, 0.29) is 5.69 Å². The first-order valence-corrected chi connectivity index (χ1v) is 11.3. The number of rotatable bonds is 8. The minimum absolute atomic E-state index is 0.0199. The third-order valence-corrected chi connectivity index (χ3v) is 5.90. The highest BCUT2D eigenvalue weighted by Crippen LogP contribution is 2.40. The van der Waals surface area contributed by atoms with Crippen molar-refractivity contribution in [2.45, 2.75) is 44.0 Å². The number of anilines is 1. The summed E-state index contributed by atoms with van der Waals surface area (Å²) in [5.74, 6) is 1.22. The molecule has 2 aromatic carbocycles. The summed E-state index contributed by atoms with van der Waals surface area (Å²) < 4.78 is 6.16. The Kier molecular flexibility index (Phi) is 6.61. The Morgan fingerprint density at radius 1 is 1.10 bits per heavy atom. The highest BCUT2D eigenvalue weighted by molar-refractivity contribution is 7.99. The first-order valence-electron chi connectivity index (χ1n) is 10.3. The van der Waals surface area contributed by atoms with Gasteiger partial charge in [-0.05, 0) is 18.6 Å². The van der Waals surface area contributed by atoms with Crippen molar-refractivity contribution in [1.29, 1.82) is 0 Å². The number of nitro groups is 1. The van der Waals surface area contributed by atoms with Gasteiger partial charge in [0, 0.05) is 23.1 Å². The molecule has 31 heavy (non-hydrogen) atoms. The fraction of sp³-hybridized carbons (Fsp3) is 0.318. The Morgan fingerprint density at radius 2 is 1.90 bits per heavy atom. The maximum atomic E-state index is 11.6. The summed E-state index contributed by atoms with van der Waals surface area (Å²) in [5, 5.41) is 24.0. The van der Waals surface area contributed by atoms with E-state index in [0.717, 1.165) is 23.4 Å². The predicted molar refractivity (Wildman–Crippen MR) is 120 cm³/mol. The number of unbranched alkanes of at least 4 members (excludes halogenated alkanes) is 3. The Morgan fingerprint density at radius 3 is 2.74 bits per heavy atom. The number of nitrogens with zero attached hydrogens (tertiary/aromatic N) is 4. The molecule has 0 bridgehead atoms. The molecule has 8 nitrogen and oxygen atoms in total. The molecule has 160 valence electrons. The maximum Gasteiger partial charge on any atom is 0.278 e. The Bertz CT molecular complexity index is 1080. The number of nitro benzene ring substituents is 1. The van der Waals surface area contributed by atoms with Crippen LogP contribution in [0.3, 0.4) is 0 Å². The third-order valence-electron chi connectivity index (χ3n) is 4.98. The largest absolute Gasteiger partial charge is 0.447 e. The zero-order chi connectivity index (χ0) is 21.6. The molecule has 0 saturated heterocycles. The van der Waals surface area contributed by atoms with Crippen LogP contribution in [0.2, 0.25) is 0 Å². The zero-order valence-electron chi connectivity index (χ0n) is 17.2. The lowest BCUT2D eigenvalue weighted by Crippen LogP contribution is -2.18. The first kappa shape index (κ1) is 21.0. The molecule has 0 aliphatic carbocycles. The second-order valence-corrected chi connectivity index (χ2v) is 8.22. The monoisotopic (exact) mass is 437 g/mol. The van der Waals surface area contributed by atoms with Crippen molar-refractivity contribution in [3.05, 3.63) is 64.2 Å². The molecule has 1 aliphatic heterocycles. The number of ether oxygens (including phenoxy) is 1. The number of hydrogen-bond donors (Lipinski definition) is 1. The topological polar surface area (TPSA) is 103 Å². The average molecular weight is 438 g/mol. The van der Waals surface area contributed by atoms with Crippen LogP contribution in [0, 0.1) is 10.1 Å². The van der Waals surface area contributed by atoms with Gasteiger partial charge in [0.05, 0.1) is 10.5 Å². The number of benzene rings is 2. The van der Waals surface area contributed by atoms with Gasteiger partial charge in [-0.15, -0.1) is 10.2 Å². The molecular formula is C22H23N5O3S. The molecule has 1 aromatic heterocycles. The SMILES string of the molecule is CCCCCCSc1nnc2c(n1)O[C@H](c1ccccc1[N+](=O)[O-])Nc1ccccc1-2. The number of aromatic nitrogens is 3. The van der Waals surface area contributed by atoms with E-state index < -0.39 is 11.2 Å². The van der Waals surface area contributed by atoms with Crippen molar-refractivity contribution in [2.75, 3.05) is 11.1 Å². The molecule has 1 N–H and O–H groups in total. The van der Waals surface area contributed by atoms with Crippen LogP contribution in [0.5, 0.6) is 5.88 Å². The van der Waals surface area contributed by atoms with Crippen LogP contribution in [0.15, 0.2) is 53.7 Å². The summed E-state index contributed by atoms with van der Waals surface area (Å²) >= 11 is 1.54. The van der Waals surface area contributed by atoms with Crippen LogP contribution in [-0.2, 0) is 0 Å². The summed E-state index contributed by atoms with van der Waals surface area (Å²) in [6, 6.07) is 14.1. The van der Waals surface area contributed by atoms with Gasteiger partial charge in [-0.25, -0.2) is 0 Å². The van der Waals surface area contributed by atoms with Crippen molar-refractivity contribution in [2.24, 2.45) is 0 Å². The number of fused-ring (bicyclic) bond motifs is 3. The van der Waals surface area contributed by atoms with Gasteiger partial charge >= 0.3 is 0 Å². The molecule has 0 amide bonds. The summed E-state index contributed by atoms with van der Waals surface area (Å²) in [5.41, 5.74) is 2.45. The average Bonchev–Trinajstić information content (AvgIpc) is 2.95. The normalized spacial score (nSPS) is 14.5. The van der Waals surface area contributed by atoms with Crippen LogP contribution >= 0.6 is 11.8 Å². The second-order valence-electron chi connectivity index (χ2n) is 7.16. The van der Waals surface area contributed by atoms with Crippen molar-refractivity contribution < 1.29 is 9.66 Å².